The summed E-state index contributed by atoms with van der Waals surface area (Å²) in [7, 11) is 0. The number of nitrogens with zero attached hydrogens (tertiary/aromatic N) is 3. The Hall–Kier alpha value is -1.95. The third-order valence-corrected chi connectivity index (χ3v) is 6.32. The molecule has 0 bridgehead atoms. The van der Waals surface area contributed by atoms with Crippen LogP contribution in [-0.4, -0.2) is 39.7 Å². The molecule has 2 heterocycles. The number of benzene rings is 1. The number of amides is 1. The van der Waals surface area contributed by atoms with E-state index in [2.05, 4.69) is 15.5 Å². The predicted molar refractivity (Wildman–Crippen MR) is 92.8 cm³/mol. The SMILES string of the molecule is O=C(Cn1nc2ccccc2n1)N[C@H]1[C@H]2CCO[C@H]2[C@H]1C1CCCC1. The molecule has 3 aliphatic rings. The van der Waals surface area contributed by atoms with Crippen molar-refractivity contribution in [2.24, 2.45) is 17.8 Å². The van der Waals surface area contributed by atoms with E-state index in [0.717, 1.165) is 30.0 Å². The van der Waals surface area contributed by atoms with Crippen molar-refractivity contribution in [3.8, 4) is 0 Å². The van der Waals surface area contributed by atoms with Crippen LogP contribution in [-0.2, 0) is 16.1 Å². The number of aromatic nitrogens is 3. The van der Waals surface area contributed by atoms with Gasteiger partial charge in [-0.25, -0.2) is 0 Å². The van der Waals surface area contributed by atoms with Gasteiger partial charge in [0.15, 0.2) is 0 Å². The number of hydrogen-bond donors (Lipinski definition) is 1. The molecule has 6 nitrogen and oxygen atoms in total. The van der Waals surface area contributed by atoms with Crippen LogP contribution in [0.1, 0.15) is 32.1 Å². The lowest BCUT2D eigenvalue weighted by Gasteiger charge is -2.50. The molecule has 5 rings (SSSR count). The van der Waals surface area contributed by atoms with E-state index in [1.165, 1.54) is 30.5 Å². The molecule has 0 radical (unpaired) electrons. The van der Waals surface area contributed by atoms with Crippen molar-refractivity contribution in [1.82, 2.24) is 20.3 Å². The summed E-state index contributed by atoms with van der Waals surface area (Å²) in [5.74, 6) is 1.73. The molecule has 4 atom stereocenters. The van der Waals surface area contributed by atoms with Crippen LogP contribution in [0.15, 0.2) is 24.3 Å². The van der Waals surface area contributed by atoms with Crippen molar-refractivity contribution in [2.75, 3.05) is 6.61 Å². The number of carbonyl (C=O) groups is 1. The minimum atomic E-state index is 0.0126. The fourth-order valence-corrected chi connectivity index (χ4v) is 5.19. The van der Waals surface area contributed by atoms with Crippen molar-refractivity contribution in [1.29, 1.82) is 0 Å². The van der Waals surface area contributed by atoms with E-state index < -0.39 is 0 Å². The van der Waals surface area contributed by atoms with Gasteiger partial charge >= 0.3 is 0 Å². The third kappa shape index (κ3) is 2.63. The summed E-state index contributed by atoms with van der Waals surface area (Å²) >= 11 is 0. The Kier molecular flexibility index (Phi) is 3.73. The first-order chi connectivity index (χ1) is 12.3. The second-order valence-corrected chi connectivity index (χ2v) is 7.72. The molecule has 2 aromatic rings. The van der Waals surface area contributed by atoms with E-state index in [4.69, 9.17) is 4.74 Å². The average Bonchev–Trinajstić information content (AvgIpc) is 3.32. The Morgan fingerprint density at radius 2 is 1.88 bits per heavy atom. The molecule has 1 aliphatic heterocycles. The quantitative estimate of drug-likeness (QED) is 0.926. The molecule has 6 heteroatoms. The zero-order valence-electron chi connectivity index (χ0n) is 14.3. The number of hydrogen-bond acceptors (Lipinski definition) is 4. The fraction of sp³-hybridized carbons (Fsp3) is 0.632. The van der Waals surface area contributed by atoms with E-state index in [9.17, 15) is 4.79 Å². The first-order valence-electron chi connectivity index (χ1n) is 9.50. The monoisotopic (exact) mass is 340 g/mol. The highest BCUT2D eigenvalue weighted by Gasteiger charge is 2.56. The van der Waals surface area contributed by atoms with E-state index in [0.29, 0.717) is 17.9 Å². The second-order valence-electron chi connectivity index (χ2n) is 7.72. The normalized spacial score (nSPS) is 31.8. The maximum Gasteiger partial charge on any atom is 0.243 e. The fourth-order valence-electron chi connectivity index (χ4n) is 5.19. The Balaban J connectivity index is 1.27. The van der Waals surface area contributed by atoms with Crippen LogP contribution in [0.2, 0.25) is 0 Å². The molecule has 1 N–H and O–H groups in total. The molecule has 25 heavy (non-hydrogen) atoms. The summed E-state index contributed by atoms with van der Waals surface area (Å²) in [5.41, 5.74) is 1.65. The Morgan fingerprint density at radius 1 is 1.16 bits per heavy atom. The molecule has 1 amide bonds. The van der Waals surface area contributed by atoms with E-state index in [-0.39, 0.29) is 18.5 Å². The molecule has 2 saturated carbocycles. The summed E-state index contributed by atoms with van der Waals surface area (Å²) in [4.78, 5) is 14.1. The highest BCUT2D eigenvalue weighted by molar-refractivity contribution is 5.77. The van der Waals surface area contributed by atoms with E-state index in [1.807, 2.05) is 24.3 Å². The molecular formula is C19H24N4O2. The molecule has 1 aromatic heterocycles. The molecular weight excluding hydrogens is 316 g/mol. The van der Waals surface area contributed by atoms with Gasteiger partial charge in [-0.2, -0.15) is 15.0 Å². The summed E-state index contributed by atoms with van der Waals surface area (Å²) in [6.45, 7) is 1.03. The zero-order valence-corrected chi connectivity index (χ0v) is 14.3. The van der Waals surface area contributed by atoms with E-state index >= 15 is 0 Å². The Morgan fingerprint density at radius 3 is 2.60 bits per heavy atom. The van der Waals surface area contributed by atoms with Crippen LogP contribution in [0.3, 0.4) is 0 Å². The smallest absolute Gasteiger partial charge is 0.243 e. The van der Waals surface area contributed by atoms with Gasteiger partial charge in [-0.1, -0.05) is 37.8 Å². The highest BCUT2D eigenvalue weighted by Crippen LogP contribution is 2.51. The lowest BCUT2D eigenvalue weighted by atomic mass is 9.61. The third-order valence-electron chi connectivity index (χ3n) is 6.32. The molecule has 1 saturated heterocycles. The number of rotatable bonds is 4. The van der Waals surface area contributed by atoms with Crippen molar-refractivity contribution in [3.05, 3.63) is 24.3 Å². The van der Waals surface area contributed by atoms with Crippen LogP contribution in [0.5, 0.6) is 0 Å². The molecule has 3 fully saturated rings. The van der Waals surface area contributed by atoms with Crippen LogP contribution in [0, 0.1) is 17.8 Å². The standard InChI is InChI=1S/C19H24N4O2/c24-16(11-23-21-14-7-3-4-8-15(14)22-23)20-18-13-9-10-25-19(13)17(18)12-5-1-2-6-12/h3-4,7-8,12-13,17-19H,1-2,5-6,9-11H2,(H,20,24)/t13-,17+,18+,19-/m1/s1. The molecule has 2 aliphatic carbocycles. The largest absolute Gasteiger partial charge is 0.377 e. The topological polar surface area (TPSA) is 69.0 Å². The predicted octanol–water partition coefficient (Wildman–Crippen LogP) is 2.14. The van der Waals surface area contributed by atoms with Gasteiger partial charge < -0.3 is 10.1 Å². The summed E-state index contributed by atoms with van der Waals surface area (Å²) in [6, 6.07) is 7.97. The van der Waals surface area contributed by atoms with Gasteiger partial charge in [0.1, 0.15) is 17.6 Å². The molecule has 1 aromatic carbocycles. The van der Waals surface area contributed by atoms with Gasteiger partial charge in [-0.05, 0) is 24.5 Å². The summed E-state index contributed by atoms with van der Waals surface area (Å²) < 4.78 is 5.97. The van der Waals surface area contributed by atoms with Gasteiger partial charge in [0, 0.05) is 24.5 Å². The number of ether oxygens (including phenoxy) is 1. The number of carbonyl (C=O) groups excluding carboxylic acids is 1. The van der Waals surface area contributed by atoms with Crippen molar-refractivity contribution < 1.29 is 9.53 Å². The number of fused-ring (bicyclic) bond motifs is 2. The Labute approximate surface area is 146 Å². The maximum absolute atomic E-state index is 12.6. The lowest BCUT2D eigenvalue weighted by Crippen LogP contribution is -2.63. The second kappa shape index (κ2) is 6.09. The lowest BCUT2D eigenvalue weighted by molar-refractivity contribution is -0.130. The van der Waals surface area contributed by atoms with Gasteiger partial charge in [0.25, 0.3) is 0 Å². The highest BCUT2D eigenvalue weighted by atomic mass is 16.5. The Bertz CT molecular complexity index is 745. The van der Waals surface area contributed by atoms with Crippen LogP contribution in [0.4, 0.5) is 0 Å². The van der Waals surface area contributed by atoms with Crippen LogP contribution in [0.25, 0.3) is 11.0 Å². The summed E-state index contributed by atoms with van der Waals surface area (Å²) in [6.07, 6.45) is 6.67. The number of nitrogens with one attached hydrogen (secondary N) is 1. The zero-order chi connectivity index (χ0) is 16.8. The van der Waals surface area contributed by atoms with Crippen molar-refractivity contribution >= 4 is 16.9 Å². The maximum atomic E-state index is 12.6. The van der Waals surface area contributed by atoms with E-state index in [1.54, 1.807) is 0 Å². The van der Waals surface area contributed by atoms with Crippen LogP contribution < -0.4 is 5.32 Å². The molecule has 132 valence electrons. The van der Waals surface area contributed by atoms with Gasteiger partial charge in [0.2, 0.25) is 5.91 Å². The van der Waals surface area contributed by atoms with Gasteiger partial charge in [-0.15, -0.1) is 0 Å². The summed E-state index contributed by atoms with van der Waals surface area (Å²) in [5, 5.41) is 12.1. The minimum absolute atomic E-state index is 0.0126. The average molecular weight is 340 g/mol. The minimum Gasteiger partial charge on any atom is -0.377 e. The first-order valence-corrected chi connectivity index (χ1v) is 9.50. The molecule has 0 unspecified atom stereocenters. The molecule has 0 spiro atoms. The van der Waals surface area contributed by atoms with Crippen LogP contribution >= 0.6 is 0 Å². The first kappa shape index (κ1) is 15.3. The van der Waals surface area contributed by atoms with Crippen molar-refractivity contribution in [2.45, 2.75) is 50.8 Å². The van der Waals surface area contributed by atoms with Crippen molar-refractivity contribution in [3.63, 3.8) is 0 Å². The van der Waals surface area contributed by atoms with Gasteiger partial charge in [-0.3, -0.25) is 4.79 Å². The van der Waals surface area contributed by atoms with Gasteiger partial charge in [0.05, 0.1) is 6.10 Å².